The molecule has 2 rings (SSSR count). The molecule has 0 atom stereocenters. The lowest BCUT2D eigenvalue weighted by molar-refractivity contribution is -0.142. The monoisotopic (exact) mass is 268 g/mol. The summed E-state index contributed by atoms with van der Waals surface area (Å²) in [7, 11) is 0. The second-order valence-electron chi connectivity index (χ2n) is 4.47. The average Bonchev–Trinajstić information content (AvgIpc) is 2.79. The molecule has 2 heterocycles. The number of hydrogen-bond acceptors (Lipinski definition) is 5. The Bertz CT molecular complexity index is 454. The lowest BCUT2D eigenvalue weighted by atomic mass is 10.2. The van der Waals surface area contributed by atoms with Crippen LogP contribution in [-0.4, -0.2) is 35.2 Å². The lowest BCUT2D eigenvalue weighted by Crippen LogP contribution is -2.16. The molecule has 18 heavy (non-hydrogen) atoms. The average molecular weight is 268 g/mol. The Morgan fingerprint density at radius 1 is 1.50 bits per heavy atom. The van der Waals surface area contributed by atoms with Crippen LogP contribution in [0.2, 0.25) is 0 Å². The van der Waals surface area contributed by atoms with E-state index in [9.17, 15) is 9.59 Å². The lowest BCUT2D eigenvalue weighted by Gasteiger charge is -2.13. The number of thioether (sulfide) groups is 1. The van der Waals surface area contributed by atoms with Crippen molar-refractivity contribution in [1.82, 2.24) is 4.90 Å². The highest BCUT2D eigenvalue weighted by atomic mass is 32.2. The fourth-order valence-electron chi connectivity index (χ4n) is 2.01. The molecule has 0 aliphatic carbocycles. The number of hydrogen-bond donors (Lipinski definition) is 1. The summed E-state index contributed by atoms with van der Waals surface area (Å²) in [6, 6.07) is 0. The Kier molecular flexibility index (Phi) is 3.65. The number of nitrogens with zero attached hydrogens (tertiary/aromatic N) is 1. The number of carbonyl (C=O) groups excluding carboxylic acids is 2. The van der Waals surface area contributed by atoms with E-state index in [1.54, 1.807) is 11.8 Å². The van der Waals surface area contributed by atoms with E-state index in [1.807, 2.05) is 18.7 Å². The first kappa shape index (κ1) is 13.0. The highest BCUT2D eigenvalue weighted by Crippen LogP contribution is 2.42. The van der Waals surface area contributed by atoms with Gasteiger partial charge in [-0.25, -0.2) is 4.79 Å². The SMILES string of the molecule is CC(C)OC(=O)C1=C2SCC(=CC(N)=O)N2CC1. The van der Waals surface area contributed by atoms with Gasteiger partial charge < -0.3 is 15.4 Å². The van der Waals surface area contributed by atoms with Crippen molar-refractivity contribution in [1.29, 1.82) is 0 Å². The van der Waals surface area contributed by atoms with E-state index < -0.39 is 5.91 Å². The molecule has 1 amide bonds. The number of carbonyl (C=O) groups is 2. The Morgan fingerprint density at radius 2 is 2.22 bits per heavy atom. The standard InChI is InChI=1S/C12H16N2O3S/c1-7(2)17-12(16)9-3-4-14-8(5-10(13)15)6-18-11(9)14/h5,7H,3-4,6H2,1-2H3,(H2,13,15). The van der Waals surface area contributed by atoms with Gasteiger partial charge >= 0.3 is 5.97 Å². The fourth-order valence-corrected chi connectivity index (χ4v) is 3.26. The molecule has 6 heteroatoms. The molecule has 0 bridgehead atoms. The minimum absolute atomic E-state index is 0.119. The molecule has 2 aliphatic heterocycles. The zero-order valence-electron chi connectivity index (χ0n) is 10.4. The van der Waals surface area contributed by atoms with E-state index in [1.165, 1.54) is 6.08 Å². The Hall–Kier alpha value is -1.43. The van der Waals surface area contributed by atoms with Crippen LogP contribution in [0, 0.1) is 0 Å². The first-order valence-corrected chi connectivity index (χ1v) is 6.82. The van der Waals surface area contributed by atoms with E-state index in [0.29, 0.717) is 24.3 Å². The minimum atomic E-state index is -0.454. The quantitative estimate of drug-likeness (QED) is 0.610. The molecule has 1 fully saturated rings. The van der Waals surface area contributed by atoms with Gasteiger partial charge in [-0.2, -0.15) is 0 Å². The molecule has 1 saturated heterocycles. The van der Waals surface area contributed by atoms with Crippen LogP contribution in [0.25, 0.3) is 0 Å². The second-order valence-corrected chi connectivity index (χ2v) is 5.43. The van der Waals surface area contributed by atoms with Gasteiger partial charge in [-0.05, 0) is 13.8 Å². The topological polar surface area (TPSA) is 72.6 Å². The van der Waals surface area contributed by atoms with E-state index in [0.717, 1.165) is 10.7 Å². The molecule has 2 aliphatic rings. The van der Waals surface area contributed by atoms with E-state index >= 15 is 0 Å². The summed E-state index contributed by atoms with van der Waals surface area (Å²) in [5.41, 5.74) is 6.74. The van der Waals surface area contributed by atoms with Gasteiger partial charge in [0.25, 0.3) is 0 Å². The summed E-state index contributed by atoms with van der Waals surface area (Å²) in [6.07, 6.45) is 1.97. The molecule has 0 spiro atoms. The minimum Gasteiger partial charge on any atom is -0.460 e. The maximum absolute atomic E-state index is 11.9. The summed E-state index contributed by atoms with van der Waals surface area (Å²) >= 11 is 1.56. The number of amides is 1. The number of primary amides is 1. The van der Waals surface area contributed by atoms with E-state index in [2.05, 4.69) is 0 Å². The van der Waals surface area contributed by atoms with Gasteiger partial charge in [0.05, 0.1) is 16.7 Å². The molecule has 98 valence electrons. The summed E-state index contributed by atoms with van der Waals surface area (Å²) in [5.74, 6) is -0.0307. The van der Waals surface area contributed by atoms with Gasteiger partial charge in [0.1, 0.15) is 0 Å². The number of nitrogens with two attached hydrogens (primary N) is 1. The molecule has 0 aromatic carbocycles. The highest BCUT2D eigenvalue weighted by Gasteiger charge is 2.35. The van der Waals surface area contributed by atoms with Crippen LogP contribution in [0.4, 0.5) is 0 Å². The van der Waals surface area contributed by atoms with Crippen molar-refractivity contribution in [3.05, 3.63) is 22.4 Å². The van der Waals surface area contributed by atoms with Crippen molar-refractivity contribution in [3.63, 3.8) is 0 Å². The van der Waals surface area contributed by atoms with Crippen molar-refractivity contribution in [2.45, 2.75) is 26.4 Å². The molecule has 0 aromatic rings. The Balaban J connectivity index is 2.19. The van der Waals surface area contributed by atoms with Gasteiger partial charge in [0.2, 0.25) is 5.91 Å². The Labute approximate surface area is 110 Å². The third kappa shape index (κ3) is 2.53. The van der Waals surface area contributed by atoms with Gasteiger partial charge in [-0.3, -0.25) is 4.79 Å². The van der Waals surface area contributed by atoms with Crippen molar-refractivity contribution in [3.8, 4) is 0 Å². The molecular weight excluding hydrogens is 252 g/mol. The summed E-state index contributed by atoms with van der Waals surface area (Å²) < 4.78 is 5.21. The third-order valence-corrected chi connectivity index (χ3v) is 3.87. The first-order valence-electron chi connectivity index (χ1n) is 5.83. The molecule has 0 unspecified atom stereocenters. The first-order chi connectivity index (χ1) is 8.49. The summed E-state index contributed by atoms with van der Waals surface area (Å²) in [5, 5.41) is 0.910. The van der Waals surface area contributed by atoms with Crippen molar-refractivity contribution in [2.24, 2.45) is 5.73 Å². The molecule has 0 radical (unpaired) electrons. The summed E-state index contributed by atoms with van der Waals surface area (Å²) in [6.45, 7) is 4.37. The second kappa shape index (κ2) is 5.06. The van der Waals surface area contributed by atoms with Crippen LogP contribution in [0.1, 0.15) is 20.3 Å². The van der Waals surface area contributed by atoms with Crippen LogP contribution in [0.5, 0.6) is 0 Å². The van der Waals surface area contributed by atoms with Crippen LogP contribution < -0.4 is 5.73 Å². The molecular formula is C12H16N2O3S. The van der Waals surface area contributed by atoms with Gasteiger partial charge in [0, 0.05) is 30.5 Å². The maximum atomic E-state index is 11.9. The largest absolute Gasteiger partial charge is 0.460 e. The van der Waals surface area contributed by atoms with Crippen LogP contribution in [0.3, 0.4) is 0 Å². The Morgan fingerprint density at radius 3 is 2.83 bits per heavy atom. The zero-order chi connectivity index (χ0) is 13.3. The fraction of sp³-hybridized carbons (Fsp3) is 0.500. The molecule has 5 nitrogen and oxygen atoms in total. The van der Waals surface area contributed by atoms with Crippen molar-refractivity contribution in [2.75, 3.05) is 12.3 Å². The van der Waals surface area contributed by atoms with Gasteiger partial charge in [-0.1, -0.05) is 0 Å². The van der Waals surface area contributed by atoms with E-state index in [-0.39, 0.29) is 12.1 Å². The van der Waals surface area contributed by atoms with Crippen LogP contribution in [-0.2, 0) is 14.3 Å². The number of rotatable bonds is 3. The molecule has 2 N–H and O–H groups in total. The predicted octanol–water partition coefficient (Wildman–Crippen LogP) is 0.971. The number of ether oxygens (including phenoxy) is 1. The highest BCUT2D eigenvalue weighted by molar-refractivity contribution is 8.03. The van der Waals surface area contributed by atoms with Crippen molar-refractivity contribution >= 4 is 23.6 Å². The van der Waals surface area contributed by atoms with E-state index in [4.69, 9.17) is 10.5 Å². The normalized spacial score (nSPS) is 20.8. The predicted molar refractivity (Wildman–Crippen MR) is 69.3 cm³/mol. The molecule has 0 aromatic heterocycles. The third-order valence-electron chi connectivity index (χ3n) is 2.69. The van der Waals surface area contributed by atoms with Crippen molar-refractivity contribution < 1.29 is 14.3 Å². The van der Waals surface area contributed by atoms with Gasteiger partial charge in [0.15, 0.2) is 0 Å². The van der Waals surface area contributed by atoms with Crippen LogP contribution >= 0.6 is 11.8 Å². The number of esters is 1. The number of fused-ring (bicyclic) bond motifs is 1. The zero-order valence-corrected chi connectivity index (χ0v) is 11.3. The summed E-state index contributed by atoms with van der Waals surface area (Å²) in [4.78, 5) is 24.8. The van der Waals surface area contributed by atoms with Gasteiger partial charge in [-0.15, -0.1) is 11.8 Å². The smallest absolute Gasteiger partial charge is 0.336 e. The van der Waals surface area contributed by atoms with Crippen LogP contribution in [0.15, 0.2) is 22.4 Å². The molecule has 0 saturated carbocycles. The maximum Gasteiger partial charge on any atom is 0.336 e.